The Morgan fingerprint density at radius 2 is 2.20 bits per heavy atom. The lowest BCUT2D eigenvalue weighted by Crippen LogP contribution is -2.32. The van der Waals surface area contributed by atoms with Crippen molar-refractivity contribution in [3.63, 3.8) is 0 Å². The molecule has 1 aromatic heterocycles. The van der Waals surface area contributed by atoms with Crippen LogP contribution in [0, 0.1) is 0 Å². The summed E-state index contributed by atoms with van der Waals surface area (Å²) in [5.74, 6) is 1.02. The highest BCUT2D eigenvalue weighted by molar-refractivity contribution is 5.82. The second-order valence-electron chi connectivity index (χ2n) is 3.21. The zero-order valence-electron chi connectivity index (χ0n) is 8.95. The van der Waals surface area contributed by atoms with Crippen LogP contribution in [0.25, 0.3) is 0 Å². The molecule has 1 heterocycles. The quantitative estimate of drug-likeness (QED) is 0.668. The molecular weight excluding hydrogens is 192 g/mol. The number of nitrogens with two attached hydrogens (primary N) is 1. The van der Waals surface area contributed by atoms with Crippen LogP contribution >= 0.6 is 0 Å². The van der Waals surface area contributed by atoms with Gasteiger partial charge in [-0.25, -0.2) is 4.98 Å². The van der Waals surface area contributed by atoms with Gasteiger partial charge in [0, 0.05) is 6.54 Å². The normalized spacial score (nSPS) is 11.9. The molecule has 0 saturated carbocycles. The molecule has 15 heavy (non-hydrogen) atoms. The maximum Gasteiger partial charge on any atom is 0.239 e. The molecule has 0 saturated heterocycles. The molecule has 1 rings (SSSR count). The molecule has 1 aromatic rings. The van der Waals surface area contributed by atoms with Crippen LogP contribution in [-0.2, 0) is 4.79 Å². The molecule has 0 spiro atoms. The highest BCUT2D eigenvalue weighted by Crippen LogP contribution is 2.09. The number of hydrogen-bond acceptors (Lipinski definition) is 4. The molecular formula is C10H16N4O. The van der Waals surface area contributed by atoms with E-state index in [1.165, 1.54) is 0 Å². The molecule has 5 heteroatoms. The smallest absolute Gasteiger partial charge is 0.239 e. The number of carbonyl (C=O) groups excluding carboxylic acids is 1. The van der Waals surface area contributed by atoms with E-state index in [1.807, 2.05) is 19.1 Å². The van der Waals surface area contributed by atoms with Gasteiger partial charge in [-0.15, -0.1) is 0 Å². The van der Waals surface area contributed by atoms with Crippen molar-refractivity contribution in [2.24, 2.45) is 5.73 Å². The second kappa shape index (κ2) is 5.19. The maximum atomic E-state index is 10.8. The first-order valence-electron chi connectivity index (χ1n) is 4.90. The van der Waals surface area contributed by atoms with E-state index in [0.717, 1.165) is 12.4 Å². The number of pyridine rings is 1. The summed E-state index contributed by atoms with van der Waals surface area (Å²) in [6.45, 7) is 4.50. The Hall–Kier alpha value is -1.78. The molecule has 0 fully saturated rings. The van der Waals surface area contributed by atoms with Gasteiger partial charge in [0.2, 0.25) is 5.91 Å². The van der Waals surface area contributed by atoms with Crippen molar-refractivity contribution in [1.82, 2.24) is 4.98 Å². The van der Waals surface area contributed by atoms with Crippen LogP contribution in [-0.4, -0.2) is 23.5 Å². The number of hydrogen-bond donors (Lipinski definition) is 3. The van der Waals surface area contributed by atoms with Gasteiger partial charge in [-0.3, -0.25) is 4.79 Å². The van der Waals surface area contributed by atoms with Crippen LogP contribution in [0.5, 0.6) is 0 Å². The van der Waals surface area contributed by atoms with E-state index in [0.29, 0.717) is 5.82 Å². The first-order chi connectivity index (χ1) is 7.13. The van der Waals surface area contributed by atoms with E-state index >= 15 is 0 Å². The molecule has 1 amide bonds. The number of nitrogens with one attached hydrogen (secondary N) is 2. The molecule has 0 aliphatic rings. The van der Waals surface area contributed by atoms with Gasteiger partial charge in [0.25, 0.3) is 0 Å². The fraction of sp³-hybridized carbons (Fsp3) is 0.400. The summed E-state index contributed by atoms with van der Waals surface area (Å²) in [6, 6.07) is 5.10. The predicted octanol–water partition coefficient (Wildman–Crippen LogP) is 0.799. The van der Waals surface area contributed by atoms with E-state index in [1.54, 1.807) is 13.0 Å². The van der Waals surface area contributed by atoms with Crippen molar-refractivity contribution in [3.05, 3.63) is 18.2 Å². The number of anilines is 2. The first kappa shape index (κ1) is 11.3. The monoisotopic (exact) mass is 208 g/mol. The van der Waals surface area contributed by atoms with Crippen molar-refractivity contribution in [1.29, 1.82) is 0 Å². The molecule has 1 unspecified atom stereocenters. The fourth-order valence-corrected chi connectivity index (χ4v) is 1.09. The summed E-state index contributed by atoms with van der Waals surface area (Å²) in [7, 11) is 0. The molecule has 0 aliphatic carbocycles. The Bertz CT molecular complexity index is 340. The number of carbonyl (C=O) groups is 1. The number of rotatable bonds is 5. The summed E-state index contributed by atoms with van der Waals surface area (Å²) in [6.07, 6.45) is 0. The third kappa shape index (κ3) is 3.46. The van der Waals surface area contributed by atoms with Gasteiger partial charge in [-0.05, 0) is 26.0 Å². The minimum Gasteiger partial charge on any atom is -0.370 e. The zero-order chi connectivity index (χ0) is 11.3. The number of amides is 1. The summed E-state index contributed by atoms with van der Waals surface area (Å²) in [4.78, 5) is 15.1. The van der Waals surface area contributed by atoms with Gasteiger partial charge in [-0.2, -0.15) is 0 Å². The summed E-state index contributed by atoms with van der Waals surface area (Å²) in [5, 5.41) is 6.00. The lowest BCUT2D eigenvalue weighted by Gasteiger charge is -2.11. The van der Waals surface area contributed by atoms with E-state index in [2.05, 4.69) is 15.6 Å². The molecule has 0 bridgehead atoms. The number of primary amides is 1. The van der Waals surface area contributed by atoms with E-state index in [-0.39, 0.29) is 0 Å². The van der Waals surface area contributed by atoms with Crippen LogP contribution < -0.4 is 16.4 Å². The number of aromatic nitrogens is 1. The standard InChI is InChI=1S/C10H16N4O/c1-3-12-8-5-4-6-9(14-8)13-7(2)10(11)15/h4-7H,3H2,1-2H3,(H2,11,15)(H2,12,13,14). The van der Waals surface area contributed by atoms with Crippen LogP contribution in [0.15, 0.2) is 18.2 Å². The van der Waals surface area contributed by atoms with E-state index < -0.39 is 11.9 Å². The Morgan fingerprint density at radius 3 is 2.80 bits per heavy atom. The molecule has 0 radical (unpaired) electrons. The topological polar surface area (TPSA) is 80.0 Å². The minimum absolute atomic E-state index is 0.398. The lowest BCUT2D eigenvalue weighted by molar-refractivity contribution is -0.118. The summed E-state index contributed by atoms with van der Waals surface area (Å²) < 4.78 is 0. The maximum absolute atomic E-state index is 10.8. The van der Waals surface area contributed by atoms with Gasteiger partial charge in [0.1, 0.15) is 17.7 Å². The van der Waals surface area contributed by atoms with Gasteiger partial charge in [0.15, 0.2) is 0 Å². The van der Waals surface area contributed by atoms with Crippen LogP contribution in [0.3, 0.4) is 0 Å². The predicted molar refractivity (Wildman–Crippen MR) is 60.7 cm³/mol. The molecule has 82 valence electrons. The van der Waals surface area contributed by atoms with Crippen molar-refractivity contribution in [2.45, 2.75) is 19.9 Å². The molecule has 5 nitrogen and oxygen atoms in total. The van der Waals surface area contributed by atoms with Gasteiger partial charge >= 0.3 is 0 Å². The van der Waals surface area contributed by atoms with E-state index in [9.17, 15) is 4.79 Å². The molecule has 1 atom stereocenters. The largest absolute Gasteiger partial charge is 0.370 e. The summed E-state index contributed by atoms with van der Waals surface area (Å²) >= 11 is 0. The summed E-state index contributed by atoms with van der Waals surface area (Å²) in [5.41, 5.74) is 5.14. The average molecular weight is 208 g/mol. The molecule has 0 aliphatic heterocycles. The Morgan fingerprint density at radius 1 is 1.53 bits per heavy atom. The third-order valence-electron chi connectivity index (χ3n) is 1.90. The van der Waals surface area contributed by atoms with Crippen molar-refractivity contribution < 1.29 is 4.79 Å². The fourth-order valence-electron chi connectivity index (χ4n) is 1.09. The van der Waals surface area contributed by atoms with Crippen molar-refractivity contribution >= 4 is 17.5 Å². The first-order valence-corrected chi connectivity index (χ1v) is 4.90. The van der Waals surface area contributed by atoms with Gasteiger partial charge < -0.3 is 16.4 Å². The lowest BCUT2D eigenvalue weighted by atomic mass is 10.3. The van der Waals surface area contributed by atoms with Crippen molar-refractivity contribution in [3.8, 4) is 0 Å². The second-order valence-corrected chi connectivity index (χ2v) is 3.21. The Kier molecular flexibility index (Phi) is 3.91. The third-order valence-corrected chi connectivity index (χ3v) is 1.90. The van der Waals surface area contributed by atoms with Gasteiger partial charge in [-0.1, -0.05) is 6.07 Å². The zero-order valence-corrected chi connectivity index (χ0v) is 8.95. The van der Waals surface area contributed by atoms with Gasteiger partial charge in [0.05, 0.1) is 0 Å². The SMILES string of the molecule is CCNc1cccc(NC(C)C(N)=O)n1. The highest BCUT2D eigenvalue weighted by Gasteiger charge is 2.08. The van der Waals surface area contributed by atoms with Crippen LogP contribution in [0.1, 0.15) is 13.8 Å². The van der Waals surface area contributed by atoms with Crippen LogP contribution in [0.2, 0.25) is 0 Å². The molecule has 4 N–H and O–H groups in total. The van der Waals surface area contributed by atoms with Crippen LogP contribution in [0.4, 0.5) is 11.6 Å². The minimum atomic E-state index is -0.422. The average Bonchev–Trinajstić information content (AvgIpc) is 2.18. The number of nitrogens with zero attached hydrogens (tertiary/aromatic N) is 1. The highest BCUT2D eigenvalue weighted by atomic mass is 16.1. The van der Waals surface area contributed by atoms with Crippen molar-refractivity contribution in [2.75, 3.05) is 17.2 Å². The van der Waals surface area contributed by atoms with E-state index in [4.69, 9.17) is 5.73 Å². The Balaban J connectivity index is 2.68. The molecule has 0 aromatic carbocycles. The Labute approximate surface area is 89.1 Å².